The van der Waals surface area contributed by atoms with Crippen LogP contribution in [0.15, 0.2) is 6.07 Å². The van der Waals surface area contributed by atoms with Crippen LogP contribution in [0.4, 0.5) is 0 Å². The van der Waals surface area contributed by atoms with Gasteiger partial charge >= 0.3 is 0 Å². The number of ether oxygens (including phenoxy) is 1. The van der Waals surface area contributed by atoms with Crippen LogP contribution in [0.3, 0.4) is 0 Å². The fourth-order valence-electron chi connectivity index (χ4n) is 3.80. The maximum Gasteiger partial charge on any atom is 0.0783 e. The van der Waals surface area contributed by atoms with Gasteiger partial charge in [0.1, 0.15) is 0 Å². The van der Waals surface area contributed by atoms with Crippen LogP contribution in [0.5, 0.6) is 0 Å². The van der Waals surface area contributed by atoms with Crippen molar-refractivity contribution in [1.29, 1.82) is 0 Å². The summed E-state index contributed by atoms with van der Waals surface area (Å²) >= 11 is 6.09. The fourth-order valence-corrected chi connectivity index (χ4v) is 7.65. The molecule has 5 heteroatoms. The number of hydrogen-bond acceptors (Lipinski definition) is 5. The molecular weight excluding hydrogens is 318 g/mol. The SMILES string of the molecule is NC(c1cc2c(s1)CCSC2)C1CCOC2(CCSC2)C1. The number of thiophene rings is 1. The Labute approximate surface area is 139 Å². The third kappa shape index (κ3) is 2.92. The summed E-state index contributed by atoms with van der Waals surface area (Å²) < 4.78 is 6.15. The van der Waals surface area contributed by atoms with Gasteiger partial charge in [-0.05, 0) is 54.7 Å². The highest BCUT2D eigenvalue weighted by molar-refractivity contribution is 7.99. The van der Waals surface area contributed by atoms with Crippen molar-refractivity contribution in [3.05, 3.63) is 21.4 Å². The minimum Gasteiger partial charge on any atom is -0.374 e. The molecule has 0 amide bonds. The summed E-state index contributed by atoms with van der Waals surface area (Å²) in [5.74, 6) is 5.50. The van der Waals surface area contributed by atoms with Gasteiger partial charge in [-0.15, -0.1) is 11.3 Å². The zero-order chi connectivity index (χ0) is 14.3. The molecule has 2 N–H and O–H groups in total. The van der Waals surface area contributed by atoms with Gasteiger partial charge in [-0.1, -0.05) is 0 Å². The number of hydrogen-bond donors (Lipinski definition) is 1. The second kappa shape index (κ2) is 6.08. The molecule has 3 aliphatic rings. The van der Waals surface area contributed by atoms with Gasteiger partial charge in [0, 0.05) is 33.9 Å². The summed E-state index contributed by atoms with van der Waals surface area (Å²) in [5, 5.41) is 0. The van der Waals surface area contributed by atoms with Crippen molar-refractivity contribution < 1.29 is 4.74 Å². The van der Waals surface area contributed by atoms with Gasteiger partial charge in [-0.25, -0.2) is 0 Å². The van der Waals surface area contributed by atoms with Crippen LogP contribution in [0.25, 0.3) is 0 Å². The van der Waals surface area contributed by atoms with E-state index < -0.39 is 0 Å². The Morgan fingerprint density at radius 2 is 2.29 bits per heavy atom. The van der Waals surface area contributed by atoms with Crippen LogP contribution in [-0.4, -0.2) is 29.5 Å². The predicted octanol–water partition coefficient (Wildman–Crippen LogP) is 3.84. The van der Waals surface area contributed by atoms with Crippen molar-refractivity contribution in [3.63, 3.8) is 0 Å². The van der Waals surface area contributed by atoms with Crippen molar-refractivity contribution in [1.82, 2.24) is 0 Å². The van der Waals surface area contributed by atoms with E-state index in [9.17, 15) is 0 Å². The summed E-state index contributed by atoms with van der Waals surface area (Å²) in [4.78, 5) is 3.02. The van der Waals surface area contributed by atoms with Crippen molar-refractivity contribution in [2.45, 2.75) is 43.1 Å². The maximum atomic E-state index is 6.67. The van der Waals surface area contributed by atoms with Crippen LogP contribution in [0.2, 0.25) is 0 Å². The Bertz CT molecular complexity index is 486. The minimum atomic E-state index is 0.151. The highest BCUT2D eigenvalue weighted by Crippen LogP contribution is 2.45. The van der Waals surface area contributed by atoms with Gasteiger partial charge < -0.3 is 10.5 Å². The summed E-state index contributed by atoms with van der Waals surface area (Å²) in [7, 11) is 0. The standard InChI is InChI=1S/C16H23NOS3/c17-15(14-7-12-9-19-5-2-13(12)21-14)11-1-4-18-16(8-11)3-6-20-10-16/h7,11,15H,1-6,8-10,17H2. The summed E-state index contributed by atoms with van der Waals surface area (Å²) in [6, 6.07) is 2.62. The molecule has 3 unspecified atom stereocenters. The average Bonchev–Trinajstić information content (AvgIpc) is 3.13. The van der Waals surface area contributed by atoms with Crippen molar-refractivity contribution in [2.24, 2.45) is 11.7 Å². The van der Waals surface area contributed by atoms with Gasteiger partial charge in [-0.2, -0.15) is 23.5 Å². The van der Waals surface area contributed by atoms with E-state index in [1.807, 2.05) is 23.1 Å². The molecule has 0 saturated carbocycles. The maximum absolute atomic E-state index is 6.67. The first-order valence-electron chi connectivity index (χ1n) is 7.92. The van der Waals surface area contributed by atoms with Crippen molar-refractivity contribution in [2.75, 3.05) is 23.9 Å². The van der Waals surface area contributed by atoms with Gasteiger partial charge in [0.05, 0.1) is 5.60 Å². The predicted molar refractivity (Wildman–Crippen MR) is 94.5 cm³/mol. The van der Waals surface area contributed by atoms with Crippen LogP contribution in [-0.2, 0) is 16.9 Å². The molecule has 3 aliphatic heterocycles. The Hall–Kier alpha value is 0.320. The number of thioether (sulfide) groups is 2. The first-order valence-corrected chi connectivity index (χ1v) is 11.0. The molecular formula is C16H23NOS3. The lowest BCUT2D eigenvalue weighted by atomic mass is 9.81. The summed E-state index contributed by atoms with van der Waals surface area (Å²) in [6.45, 7) is 0.903. The molecule has 1 spiro atoms. The molecule has 2 saturated heterocycles. The normalized spacial score (nSPS) is 34.0. The molecule has 2 nitrogen and oxygen atoms in total. The molecule has 0 aliphatic carbocycles. The highest BCUT2D eigenvalue weighted by atomic mass is 32.2. The van der Waals surface area contributed by atoms with E-state index in [1.165, 1.54) is 47.2 Å². The zero-order valence-corrected chi connectivity index (χ0v) is 14.8. The van der Waals surface area contributed by atoms with E-state index >= 15 is 0 Å². The lowest BCUT2D eigenvalue weighted by molar-refractivity contribution is -0.0832. The van der Waals surface area contributed by atoms with E-state index in [1.54, 1.807) is 10.4 Å². The van der Waals surface area contributed by atoms with Gasteiger partial charge in [0.2, 0.25) is 0 Å². The van der Waals surface area contributed by atoms with Crippen molar-refractivity contribution >= 4 is 34.9 Å². The first kappa shape index (κ1) is 14.9. The van der Waals surface area contributed by atoms with Crippen LogP contribution in [0.1, 0.15) is 40.6 Å². The average molecular weight is 342 g/mol. The molecule has 3 atom stereocenters. The number of rotatable bonds is 2. The highest BCUT2D eigenvalue weighted by Gasteiger charge is 2.42. The Balaban J connectivity index is 1.51. The Kier molecular flexibility index (Phi) is 4.31. The third-order valence-electron chi connectivity index (χ3n) is 5.08. The van der Waals surface area contributed by atoms with Crippen LogP contribution >= 0.6 is 34.9 Å². The van der Waals surface area contributed by atoms with Crippen molar-refractivity contribution in [3.8, 4) is 0 Å². The Morgan fingerprint density at radius 1 is 1.33 bits per heavy atom. The Morgan fingerprint density at radius 3 is 3.10 bits per heavy atom. The number of aryl methyl sites for hydroxylation is 1. The quantitative estimate of drug-likeness (QED) is 0.886. The molecule has 4 heterocycles. The van der Waals surface area contributed by atoms with Gasteiger partial charge in [0.25, 0.3) is 0 Å². The number of fused-ring (bicyclic) bond motifs is 1. The molecule has 116 valence electrons. The lowest BCUT2D eigenvalue weighted by Gasteiger charge is -2.39. The molecule has 21 heavy (non-hydrogen) atoms. The van der Waals surface area contributed by atoms with Gasteiger partial charge in [0.15, 0.2) is 0 Å². The van der Waals surface area contributed by atoms with E-state index in [0.717, 1.165) is 13.0 Å². The molecule has 4 rings (SSSR count). The lowest BCUT2D eigenvalue weighted by Crippen LogP contribution is -2.42. The molecule has 0 bridgehead atoms. The summed E-state index contributed by atoms with van der Waals surface area (Å²) in [6.07, 6.45) is 4.76. The van der Waals surface area contributed by atoms with E-state index in [4.69, 9.17) is 10.5 Å². The smallest absolute Gasteiger partial charge is 0.0783 e. The minimum absolute atomic E-state index is 0.151. The summed E-state index contributed by atoms with van der Waals surface area (Å²) in [5.41, 5.74) is 8.38. The van der Waals surface area contributed by atoms with E-state index in [0.29, 0.717) is 5.92 Å². The second-order valence-electron chi connectivity index (χ2n) is 6.51. The van der Waals surface area contributed by atoms with Crippen LogP contribution in [0, 0.1) is 5.92 Å². The molecule has 0 radical (unpaired) electrons. The molecule has 1 aromatic rings. The molecule has 0 aromatic carbocycles. The number of nitrogens with two attached hydrogens (primary N) is 1. The van der Waals surface area contributed by atoms with Gasteiger partial charge in [-0.3, -0.25) is 0 Å². The van der Waals surface area contributed by atoms with Crippen LogP contribution < -0.4 is 5.73 Å². The zero-order valence-electron chi connectivity index (χ0n) is 12.3. The fraction of sp³-hybridized carbons (Fsp3) is 0.750. The largest absolute Gasteiger partial charge is 0.374 e. The molecule has 2 fully saturated rings. The van der Waals surface area contributed by atoms with E-state index in [2.05, 4.69) is 17.8 Å². The topological polar surface area (TPSA) is 35.2 Å². The first-order chi connectivity index (χ1) is 10.3. The van der Waals surface area contributed by atoms with E-state index in [-0.39, 0.29) is 11.6 Å². The third-order valence-corrected chi connectivity index (χ3v) is 8.65. The second-order valence-corrected chi connectivity index (χ2v) is 9.89. The monoisotopic (exact) mass is 341 g/mol. The molecule has 1 aromatic heterocycles.